The molecule has 0 saturated carbocycles. The van der Waals surface area contributed by atoms with Crippen LogP contribution in [0.3, 0.4) is 0 Å². The van der Waals surface area contributed by atoms with E-state index in [9.17, 15) is 0 Å². The Labute approximate surface area is 128 Å². The van der Waals surface area contributed by atoms with Crippen LogP contribution in [-0.2, 0) is 17.7 Å². The molecule has 1 fully saturated rings. The van der Waals surface area contributed by atoms with Crippen molar-refractivity contribution in [2.75, 3.05) is 25.4 Å². The molecule has 0 aliphatic carbocycles. The number of hydrogen-bond donors (Lipinski definition) is 1. The van der Waals surface area contributed by atoms with Gasteiger partial charge in [0.25, 0.3) is 0 Å². The lowest BCUT2D eigenvalue weighted by Crippen LogP contribution is -2.42. The molecule has 1 aliphatic heterocycles. The third-order valence-electron chi connectivity index (χ3n) is 3.69. The van der Waals surface area contributed by atoms with E-state index >= 15 is 0 Å². The number of rotatable bonds is 5. The van der Waals surface area contributed by atoms with Crippen LogP contribution in [0.1, 0.15) is 17.7 Å². The summed E-state index contributed by atoms with van der Waals surface area (Å²) < 4.78 is 5.87. The van der Waals surface area contributed by atoms with Gasteiger partial charge in [-0.25, -0.2) is 9.97 Å². The molecule has 2 N–H and O–H groups in total. The number of morpholine rings is 1. The van der Waals surface area contributed by atoms with Gasteiger partial charge in [0.1, 0.15) is 5.82 Å². The summed E-state index contributed by atoms with van der Waals surface area (Å²) >= 11 is 1.65. The van der Waals surface area contributed by atoms with Gasteiger partial charge in [0.2, 0.25) is 0 Å². The molecule has 3 heterocycles. The van der Waals surface area contributed by atoms with E-state index in [0.29, 0.717) is 5.82 Å². The van der Waals surface area contributed by atoms with Gasteiger partial charge in [-0.15, -0.1) is 11.3 Å². The lowest BCUT2D eigenvalue weighted by Gasteiger charge is -2.32. The van der Waals surface area contributed by atoms with Crippen LogP contribution in [0.25, 0.3) is 0 Å². The van der Waals surface area contributed by atoms with Crippen molar-refractivity contribution < 1.29 is 4.74 Å². The fourth-order valence-electron chi connectivity index (χ4n) is 2.62. The molecule has 0 aromatic carbocycles. The number of nitrogens with two attached hydrogens (primary N) is 1. The van der Waals surface area contributed by atoms with E-state index in [1.165, 1.54) is 5.56 Å². The van der Waals surface area contributed by atoms with Crippen molar-refractivity contribution in [1.82, 2.24) is 14.9 Å². The Balaban J connectivity index is 1.49. The first-order valence-corrected chi connectivity index (χ1v) is 8.15. The summed E-state index contributed by atoms with van der Waals surface area (Å²) in [6, 6.07) is 3.96. The van der Waals surface area contributed by atoms with E-state index in [2.05, 4.69) is 20.2 Å². The molecule has 5 nitrogen and oxygen atoms in total. The van der Waals surface area contributed by atoms with Gasteiger partial charge in [-0.1, -0.05) is 0 Å². The first kappa shape index (κ1) is 14.4. The van der Waals surface area contributed by atoms with Gasteiger partial charge < -0.3 is 10.5 Å². The van der Waals surface area contributed by atoms with Crippen LogP contribution < -0.4 is 5.73 Å². The Kier molecular flexibility index (Phi) is 4.80. The SMILES string of the molecule is Nc1cc(CC[C@@H]2CN(Cc3cscn3)CCO2)ccn1. The molecular weight excluding hydrogens is 284 g/mol. The maximum absolute atomic E-state index is 5.87. The van der Waals surface area contributed by atoms with Gasteiger partial charge in [-0.05, 0) is 30.5 Å². The molecule has 6 heteroatoms. The Bertz CT molecular complexity index is 561. The van der Waals surface area contributed by atoms with Gasteiger partial charge in [0.05, 0.1) is 23.9 Å². The number of nitrogens with zero attached hydrogens (tertiary/aromatic N) is 3. The highest BCUT2D eigenvalue weighted by molar-refractivity contribution is 7.07. The van der Waals surface area contributed by atoms with Gasteiger partial charge in [0.15, 0.2) is 0 Å². The van der Waals surface area contributed by atoms with Crippen molar-refractivity contribution in [1.29, 1.82) is 0 Å². The van der Waals surface area contributed by atoms with Crippen molar-refractivity contribution in [3.8, 4) is 0 Å². The molecule has 1 atom stereocenters. The number of hydrogen-bond acceptors (Lipinski definition) is 6. The fourth-order valence-corrected chi connectivity index (χ4v) is 3.17. The van der Waals surface area contributed by atoms with Crippen molar-refractivity contribution in [2.45, 2.75) is 25.5 Å². The first-order chi connectivity index (χ1) is 10.3. The molecule has 2 aromatic heterocycles. The summed E-state index contributed by atoms with van der Waals surface area (Å²) in [5, 5.41) is 2.12. The van der Waals surface area contributed by atoms with E-state index < -0.39 is 0 Å². The van der Waals surface area contributed by atoms with Crippen LogP contribution in [0.15, 0.2) is 29.2 Å². The van der Waals surface area contributed by atoms with Crippen molar-refractivity contribution in [2.24, 2.45) is 0 Å². The van der Waals surface area contributed by atoms with Crippen LogP contribution in [0, 0.1) is 0 Å². The molecule has 0 unspecified atom stereocenters. The molecule has 2 aromatic rings. The lowest BCUT2D eigenvalue weighted by atomic mass is 10.1. The van der Waals surface area contributed by atoms with Crippen LogP contribution in [0.4, 0.5) is 5.82 Å². The highest BCUT2D eigenvalue weighted by atomic mass is 32.1. The fraction of sp³-hybridized carbons (Fsp3) is 0.467. The zero-order valence-electron chi connectivity index (χ0n) is 11.9. The molecule has 0 bridgehead atoms. The predicted octanol–water partition coefficient (Wildman–Crippen LogP) is 1.95. The minimum atomic E-state index is 0.284. The lowest BCUT2D eigenvalue weighted by molar-refractivity contribution is -0.0348. The summed E-state index contributed by atoms with van der Waals surface area (Å²) in [5.41, 5.74) is 9.98. The highest BCUT2D eigenvalue weighted by Crippen LogP contribution is 2.15. The Morgan fingerprint density at radius 1 is 1.43 bits per heavy atom. The normalized spacial score (nSPS) is 19.7. The van der Waals surface area contributed by atoms with Crippen molar-refractivity contribution in [3.05, 3.63) is 40.5 Å². The minimum Gasteiger partial charge on any atom is -0.384 e. The number of aromatic nitrogens is 2. The molecule has 3 rings (SSSR count). The largest absolute Gasteiger partial charge is 0.384 e. The van der Waals surface area contributed by atoms with Crippen LogP contribution in [0.2, 0.25) is 0 Å². The molecule has 0 amide bonds. The van der Waals surface area contributed by atoms with Crippen LogP contribution >= 0.6 is 11.3 Å². The average molecular weight is 304 g/mol. The summed E-state index contributed by atoms with van der Waals surface area (Å²) in [7, 11) is 0. The Morgan fingerprint density at radius 2 is 2.38 bits per heavy atom. The number of nitrogen functional groups attached to an aromatic ring is 1. The smallest absolute Gasteiger partial charge is 0.123 e. The summed E-state index contributed by atoms with van der Waals surface area (Å²) in [6.07, 6.45) is 4.03. The summed E-state index contributed by atoms with van der Waals surface area (Å²) in [5.74, 6) is 0.585. The second kappa shape index (κ2) is 6.98. The highest BCUT2D eigenvalue weighted by Gasteiger charge is 2.20. The predicted molar refractivity (Wildman–Crippen MR) is 84.1 cm³/mol. The molecular formula is C15H20N4OS. The van der Waals surface area contributed by atoms with E-state index in [4.69, 9.17) is 10.5 Å². The number of aryl methyl sites for hydroxylation is 1. The zero-order valence-corrected chi connectivity index (χ0v) is 12.8. The molecule has 1 saturated heterocycles. The maximum atomic E-state index is 5.87. The monoisotopic (exact) mass is 304 g/mol. The second-order valence-corrected chi connectivity index (χ2v) is 6.05. The van der Waals surface area contributed by atoms with Gasteiger partial charge in [-0.2, -0.15) is 0 Å². The number of thiazole rings is 1. The second-order valence-electron chi connectivity index (χ2n) is 5.34. The first-order valence-electron chi connectivity index (χ1n) is 7.21. The third-order valence-corrected chi connectivity index (χ3v) is 4.33. The van der Waals surface area contributed by atoms with E-state index in [0.717, 1.165) is 44.8 Å². The van der Waals surface area contributed by atoms with Crippen molar-refractivity contribution >= 4 is 17.2 Å². The van der Waals surface area contributed by atoms with E-state index in [1.54, 1.807) is 17.5 Å². The number of pyridine rings is 1. The summed E-state index contributed by atoms with van der Waals surface area (Å²) in [4.78, 5) is 10.8. The van der Waals surface area contributed by atoms with Gasteiger partial charge >= 0.3 is 0 Å². The van der Waals surface area contributed by atoms with Gasteiger partial charge in [-0.3, -0.25) is 4.90 Å². The number of ether oxygens (including phenoxy) is 1. The van der Waals surface area contributed by atoms with E-state index in [-0.39, 0.29) is 6.10 Å². The maximum Gasteiger partial charge on any atom is 0.123 e. The van der Waals surface area contributed by atoms with Crippen molar-refractivity contribution in [3.63, 3.8) is 0 Å². The zero-order chi connectivity index (χ0) is 14.5. The molecule has 1 aliphatic rings. The average Bonchev–Trinajstić information content (AvgIpc) is 2.99. The standard InChI is InChI=1S/C15H20N4OS/c16-15-7-12(3-4-17-15)1-2-14-9-19(5-6-20-14)8-13-10-21-11-18-13/h3-4,7,10-11,14H,1-2,5-6,8-9H2,(H2,16,17)/t14-/m1/s1. The Morgan fingerprint density at radius 3 is 3.19 bits per heavy atom. The molecule has 0 spiro atoms. The minimum absolute atomic E-state index is 0.284. The van der Waals surface area contributed by atoms with Crippen LogP contribution in [0.5, 0.6) is 0 Å². The topological polar surface area (TPSA) is 64.3 Å². The molecule has 21 heavy (non-hydrogen) atoms. The molecule has 112 valence electrons. The van der Waals surface area contributed by atoms with Crippen LogP contribution in [-0.4, -0.2) is 40.7 Å². The van der Waals surface area contributed by atoms with E-state index in [1.807, 2.05) is 17.6 Å². The molecule has 0 radical (unpaired) electrons. The quantitative estimate of drug-likeness (QED) is 0.914. The van der Waals surface area contributed by atoms with Gasteiger partial charge in [0, 0.05) is 31.2 Å². The number of anilines is 1. The Hall–Kier alpha value is -1.50. The third kappa shape index (κ3) is 4.23. The summed E-state index contributed by atoms with van der Waals surface area (Å²) in [6.45, 7) is 3.67.